The Morgan fingerprint density at radius 1 is 1.32 bits per heavy atom. The molecule has 2 rings (SSSR count). The molecular formula is C16H29IN4O. The predicted molar refractivity (Wildman–Crippen MR) is 101 cm³/mol. The highest BCUT2D eigenvalue weighted by Gasteiger charge is 2.20. The van der Waals surface area contributed by atoms with Crippen molar-refractivity contribution in [3.05, 3.63) is 17.5 Å². The van der Waals surface area contributed by atoms with E-state index in [1.54, 1.807) is 0 Å². The summed E-state index contributed by atoms with van der Waals surface area (Å²) >= 11 is 0. The molecule has 2 N–H and O–H groups in total. The maximum absolute atomic E-state index is 5.27. The fourth-order valence-corrected chi connectivity index (χ4v) is 2.88. The Morgan fingerprint density at radius 2 is 2.05 bits per heavy atom. The predicted octanol–water partition coefficient (Wildman–Crippen LogP) is 3.49. The minimum Gasteiger partial charge on any atom is -0.359 e. The van der Waals surface area contributed by atoms with Gasteiger partial charge in [-0.25, -0.2) is 0 Å². The first-order chi connectivity index (χ1) is 10.2. The van der Waals surface area contributed by atoms with Crippen molar-refractivity contribution in [2.75, 3.05) is 7.05 Å². The molecule has 1 aromatic rings. The van der Waals surface area contributed by atoms with Gasteiger partial charge in [-0.05, 0) is 38.0 Å². The van der Waals surface area contributed by atoms with Crippen LogP contribution in [0, 0.1) is 5.92 Å². The summed E-state index contributed by atoms with van der Waals surface area (Å²) in [4.78, 5) is 4.30. The summed E-state index contributed by atoms with van der Waals surface area (Å²) < 4.78 is 5.27. The van der Waals surface area contributed by atoms with Crippen molar-refractivity contribution >= 4 is 29.9 Å². The van der Waals surface area contributed by atoms with Crippen molar-refractivity contribution < 1.29 is 4.52 Å². The largest absolute Gasteiger partial charge is 0.359 e. The molecule has 0 radical (unpaired) electrons. The Labute approximate surface area is 150 Å². The van der Waals surface area contributed by atoms with Gasteiger partial charge in [-0.15, -0.1) is 24.0 Å². The molecule has 0 amide bonds. The topological polar surface area (TPSA) is 62.5 Å². The van der Waals surface area contributed by atoms with Gasteiger partial charge < -0.3 is 15.2 Å². The van der Waals surface area contributed by atoms with E-state index in [0.29, 0.717) is 12.6 Å². The molecule has 1 heterocycles. The Morgan fingerprint density at radius 3 is 2.59 bits per heavy atom. The van der Waals surface area contributed by atoms with Gasteiger partial charge in [-0.2, -0.15) is 0 Å². The number of halogens is 1. The smallest absolute Gasteiger partial charge is 0.191 e. The van der Waals surface area contributed by atoms with Crippen LogP contribution in [-0.2, 0) is 13.0 Å². The van der Waals surface area contributed by atoms with Crippen LogP contribution in [0.2, 0.25) is 0 Å². The Bertz CT molecular complexity index is 453. The van der Waals surface area contributed by atoms with Gasteiger partial charge in [0.05, 0.1) is 12.2 Å². The SMILES string of the molecule is CCc1cc(CNC(=NC)NC2CCC(CC)CC2)on1.I. The minimum atomic E-state index is 0. The monoisotopic (exact) mass is 420 g/mol. The van der Waals surface area contributed by atoms with Gasteiger partial charge in [0.2, 0.25) is 0 Å². The zero-order valence-corrected chi connectivity index (χ0v) is 16.2. The van der Waals surface area contributed by atoms with Gasteiger partial charge in [-0.1, -0.05) is 25.4 Å². The lowest BCUT2D eigenvalue weighted by Crippen LogP contribution is -2.44. The van der Waals surface area contributed by atoms with Crippen molar-refractivity contribution in [3.8, 4) is 0 Å². The van der Waals surface area contributed by atoms with Gasteiger partial charge in [0.1, 0.15) is 0 Å². The molecule has 0 atom stereocenters. The second-order valence-corrected chi connectivity index (χ2v) is 5.83. The fourth-order valence-electron chi connectivity index (χ4n) is 2.88. The maximum Gasteiger partial charge on any atom is 0.191 e. The number of hydrogen-bond acceptors (Lipinski definition) is 3. The number of aryl methyl sites for hydroxylation is 1. The van der Waals surface area contributed by atoms with Crippen molar-refractivity contribution in [2.24, 2.45) is 10.9 Å². The Balaban J connectivity index is 0.00000242. The summed E-state index contributed by atoms with van der Waals surface area (Å²) in [6.45, 7) is 4.99. The second kappa shape index (κ2) is 10.1. The quantitative estimate of drug-likeness (QED) is 0.435. The average molecular weight is 420 g/mol. The first-order valence-electron chi connectivity index (χ1n) is 8.16. The lowest BCUT2D eigenvalue weighted by atomic mass is 9.84. The third-order valence-electron chi connectivity index (χ3n) is 4.39. The summed E-state index contributed by atoms with van der Waals surface area (Å²) in [5.74, 6) is 2.62. The molecule has 5 nitrogen and oxygen atoms in total. The molecule has 1 aliphatic carbocycles. The molecule has 0 aliphatic heterocycles. The van der Waals surface area contributed by atoms with Crippen LogP contribution in [-0.4, -0.2) is 24.2 Å². The van der Waals surface area contributed by atoms with Crippen molar-refractivity contribution in [1.29, 1.82) is 0 Å². The molecule has 0 saturated heterocycles. The molecule has 0 unspecified atom stereocenters. The van der Waals surface area contributed by atoms with E-state index in [0.717, 1.165) is 29.8 Å². The highest BCUT2D eigenvalue weighted by molar-refractivity contribution is 14.0. The Hall–Kier alpha value is -0.790. The number of rotatable bonds is 5. The van der Waals surface area contributed by atoms with Crippen LogP contribution in [0.15, 0.2) is 15.6 Å². The normalized spacial score (nSPS) is 22.0. The van der Waals surface area contributed by atoms with Crippen LogP contribution < -0.4 is 10.6 Å². The molecule has 0 spiro atoms. The van der Waals surface area contributed by atoms with E-state index >= 15 is 0 Å². The molecule has 6 heteroatoms. The minimum absolute atomic E-state index is 0. The van der Waals surface area contributed by atoms with Crippen LogP contribution >= 0.6 is 24.0 Å². The third-order valence-corrected chi connectivity index (χ3v) is 4.39. The molecule has 1 fully saturated rings. The molecule has 126 valence electrons. The second-order valence-electron chi connectivity index (χ2n) is 5.83. The molecule has 1 saturated carbocycles. The van der Waals surface area contributed by atoms with Crippen LogP contribution in [0.4, 0.5) is 0 Å². The zero-order valence-electron chi connectivity index (χ0n) is 13.9. The summed E-state index contributed by atoms with van der Waals surface area (Å²) in [6.07, 6.45) is 7.34. The van der Waals surface area contributed by atoms with Crippen LogP contribution in [0.1, 0.15) is 57.4 Å². The van der Waals surface area contributed by atoms with Crippen LogP contribution in [0.3, 0.4) is 0 Å². The summed E-state index contributed by atoms with van der Waals surface area (Å²) in [7, 11) is 1.81. The van der Waals surface area contributed by atoms with Gasteiger partial charge in [0.25, 0.3) is 0 Å². The van der Waals surface area contributed by atoms with Gasteiger partial charge in [0.15, 0.2) is 11.7 Å². The lowest BCUT2D eigenvalue weighted by Gasteiger charge is -2.29. The number of nitrogens with zero attached hydrogens (tertiary/aromatic N) is 2. The first-order valence-corrected chi connectivity index (χ1v) is 8.16. The van der Waals surface area contributed by atoms with Crippen LogP contribution in [0.5, 0.6) is 0 Å². The number of hydrogen-bond donors (Lipinski definition) is 2. The summed E-state index contributed by atoms with van der Waals surface area (Å²) in [6, 6.07) is 2.53. The summed E-state index contributed by atoms with van der Waals surface area (Å²) in [5, 5.41) is 10.8. The van der Waals surface area contributed by atoms with Crippen molar-refractivity contribution in [1.82, 2.24) is 15.8 Å². The molecule has 0 aromatic carbocycles. The third kappa shape index (κ3) is 5.78. The van der Waals surface area contributed by atoms with Gasteiger partial charge in [0, 0.05) is 19.2 Å². The number of guanidine groups is 1. The molecule has 1 aliphatic rings. The zero-order chi connectivity index (χ0) is 15.1. The average Bonchev–Trinajstić information content (AvgIpc) is 3.00. The van der Waals surface area contributed by atoms with Crippen molar-refractivity contribution in [2.45, 2.75) is 65.0 Å². The standard InChI is InChI=1S/C16H28N4O.HI/c1-4-12-6-8-14(9-7-12)19-16(17-3)18-11-15-10-13(5-2)20-21-15;/h10,12,14H,4-9,11H2,1-3H3,(H2,17,18,19);1H. The van der Waals surface area contributed by atoms with Crippen LogP contribution in [0.25, 0.3) is 0 Å². The molecular weight excluding hydrogens is 391 g/mol. The maximum atomic E-state index is 5.27. The van der Waals surface area contributed by atoms with Crippen molar-refractivity contribution in [3.63, 3.8) is 0 Å². The van der Waals surface area contributed by atoms with E-state index in [-0.39, 0.29) is 24.0 Å². The molecule has 22 heavy (non-hydrogen) atoms. The van der Waals surface area contributed by atoms with E-state index in [9.17, 15) is 0 Å². The highest BCUT2D eigenvalue weighted by atomic mass is 127. The van der Waals surface area contributed by atoms with E-state index < -0.39 is 0 Å². The Kier molecular flexibility index (Phi) is 8.82. The van der Waals surface area contributed by atoms with E-state index in [2.05, 4.69) is 34.6 Å². The summed E-state index contributed by atoms with van der Waals surface area (Å²) in [5.41, 5.74) is 0.993. The number of nitrogens with one attached hydrogen (secondary N) is 2. The number of aromatic nitrogens is 1. The lowest BCUT2D eigenvalue weighted by molar-refractivity contribution is 0.303. The van der Waals surface area contributed by atoms with Gasteiger partial charge >= 0.3 is 0 Å². The van der Waals surface area contributed by atoms with Gasteiger partial charge in [-0.3, -0.25) is 4.99 Å². The first kappa shape index (κ1) is 19.3. The molecule has 0 bridgehead atoms. The van der Waals surface area contributed by atoms with E-state index in [4.69, 9.17) is 4.52 Å². The van der Waals surface area contributed by atoms with E-state index in [1.807, 2.05) is 13.1 Å². The van der Waals surface area contributed by atoms with E-state index in [1.165, 1.54) is 32.1 Å². The number of aliphatic imine (C=N–C) groups is 1. The highest BCUT2D eigenvalue weighted by Crippen LogP contribution is 2.26. The fraction of sp³-hybridized carbons (Fsp3) is 0.750. The molecule has 1 aromatic heterocycles.